The first kappa shape index (κ1) is 15.8. The zero-order valence-electron chi connectivity index (χ0n) is 13.0. The van der Waals surface area contributed by atoms with Crippen LogP contribution < -0.4 is 4.90 Å². The number of ether oxygens (including phenoxy) is 1. The summed E-state index contributed by atoms with van der Waals surface area (Å²) in [5.74, 6) is -0.753. The molecule has 0 N–H and O–H groups in total. The molecule has 0 fully saturated rings. The Morgan fingerprint density at radius 2 is 1.77 bits per heavy atom. The van der Waals surface area contributed by atoms with Crippen LogP contribution in [0.4, 0.5) is 5.69 Å². The fourth-order valence-electron chi connectivity index (χ4n) is 2.08. The molecule has 0 aliphatic rings. The summed E-state index contributed by atoms with van der Waals surface area (Å²) in [6.45, 7) is 3.51. The van der Waals surface area contributed by atoms with Crippen LogP contribution in [0.25, 0.3) is 0 Å². The van der Waals surface area contributed by atoms with Crippen molar-refractivity contribution in [1.29, 1.82) is 0 Å². The molecule has 1 amide bonds. The number of aryl methyl sites for hydroxylation is 2. The highest BCUT2D eigenvalue weighted by Crippen LogP contribution is 2.15. The largest absolute Gasteiger partial charge is 0.452 e. The number of hydrogen-bond donors (Lipinski definition) is 0. The number of benzene rings is 2. The van der Waals surface area contributed by atoms with E-state index in [-0.39, 0.29) is 12.5 Å². The normalized spacial score (nSPS) is 10.1. The average molecular weight is 297 g/mol. The number of nitrogens with zero attached hydrogens (tertiary/aromatic N) is 1. The molecule has 2 aromatic rings. The summed E-state index contributed by atoms with van der Waals surface area (Å²) in [7, 11) is 1.67. The summed E-state index contributed by atoms with van der Waals surface area (Å²) >= 11 is 0. The Hall–Kier alpha value is -2.62. The highest BCUT2D eigenvalue weighted by Gasteiger charge is 2.15. The van der Waals surface area contributed by atoms with Crippen LogP contribution in [0.2, 0.25) is 0 Å². The molecule has 0 aliphatic carbocycles. The van der Waals surface area contributed by atoms with Crippen molar-refractivity contribution in [3.05, 3.63) is 65.2 Å². The van der Waals surface area contributed by atoms with Gasteiger partial charge in [0.15, 0.2) is 6.61 Å². The van der Waals surface area contributed by atoms with Gasteiger partial charge in [0.2, 0.25) is 0 Å². The molecule has 0 heterocycles. The molecule has 2 aromatic carbocycles. The first-order valence-electron chi connectivity index (χ1n) is 7.05. The van der Waals surface area contributed by atoms with Crippen LogP contribution in [0.3, 0.4) is 0 Å². The fraction of sp³-hybridized carbons (Fsp3) is 0.222. The van der Waals surface area contributed by atoms with Gasteiger partial charge in [-0.1, -0.05) is 30.3 Å². The second-order valence-corrected chi connectivity index (χ2v) is 5.18. The van der Waals surface area contributed by atoms with Gasteiger partial charge in [-0.2, -0.15) is 0 Å². The minimum Gasteiger partial charge on any atom is -0.452 e. The number of likely N-dealkylation sites (N-methyl/N-ethyl adjacent to an activating group) is 1. The number of anilines is 1. The first-order chi connectivity index (χ1) is 10.5. The van der Waals surface area contributed by atoms with Gasteiger partial charge in [-0.25, -0.2) is 4.79 Å². The Kier molecular flexibility index (Phi) is 4.94. The van der Waals surface area contributed by atoms with E-state index >= 15 is 0 Å². The van der Waals surface area contributed by atoms with Gasteiger partial charge in [0.1, 0.15) is 0 Å². The van der Waals surface area contributed by atoms with Gasteiger partial charge >= 0.3 is 5.97 Å². The smallest absolute Gasteiger partial charge is 0.338 e. The van der Waals surface area contributed by atoms with Crippen molar-refractivity contribution in [2.45, 2.75) is 13.8 Å². The van der Waals surface area contributed by atoms with E-state index in [4.69, 9.17) is 4.74 Å². The molecule has 0 radical (unpaired) electrons. The number of carbonyl (C=O) groups is 2. The van der Waals surface area contributed by atoms with E-state index in [1.807, 2.05) is 50.2 Å². The molecule has 2 rings (SSSR count). The number of rotatable bonds is 4. The van der Waals surface area contributed by atoms with E-state index in [1.54, 1.807) is 19.2 Å². The maximum absolute atomic E-state index is 12.1. The molecule has 0 saturated heterocycles. The standard InChI is InChI=1S/C18H19NO3/c1-13-7-6-9-15(11-13)19(3)17(20)12-22-18(21)16-10-5-4-8-14(16)2/h4-11H,12H2,1-3H3. The summed E-state index contributed by atoms with van der Waals surface area (Å²) in [6.07, 6.45) is 0. The number of carbonyl (C=O) groups excluding carboxylic acids is 2. The van der Waals surface area contributed by atoms with Gasteiger partial charge in [0.05, 0.1) is 5.56 Å². The lowest BCUT2D eigenvalue weighted by molar-refractivity contribution is -0.121. The minimum atomic E-state index is -0.482. The minimum absolute atomic E-state index is 0.271. The second kappa shape index (κ2) is 6.89. The molecule has 4 nitrogen and oxygen atoms in total. The van der Waals surface area contributed by atoms with Gasteiger partial charge in [-0.3, -0.25) is 4.79 Å². The summed E-state index contributed by atoms with van der Waals surface area (Å²) in [6, 6.07) is 14.7. The Bertz CT molecular complexity index is 694. The predicted octanol–water partition coefficient (Wildman–Crippen LogP) is 3.12. The Labute approximate surface area is 130 Å². The average Bonchev–Trinajstić information content (AvgIpc) is 2.52. The Morgan fingerprint density at radius 1 is 1.05 bits per heavy atom. The molecule has 4 heteroatoms. The van der Waals surface area contributed by atoms with Gasteiger partial charge in [-0.05, 0) is 43.2 Å². The maximum Gasteiger partial charge on any atom is 0.338 e. The van der Waals surface area contributed by atoms with E-state index in [2.05, 4.69) is 0 Å². The third-order valence-corrected chi connectivity index (χ3v) is 3.45. The highest BCUT2D eigenvalue weighted by atomic mass is 16.5. The van der Waals surface area contributed by atoms with Crippen molar-refractivity contribution < 1.29 is 14.3 Å². The van der Waals surface area contributed by atoms with Crippen LogP contribution in [0.5, 0.6) is 0 Å². The van der Waals surface area contributed by atoms with Crippen molar-refractivity contribution in [2.24, 2.45) is 0 Å². The summed E-state index contributed by atoms with van der Waals surface area (Å²) < 4.78 is 5.11. The van der Waals surface area contributed by atoms with E-state index in [0.29, 0.717) is 5.56 Å². The molecule has 0 spiro atoms. The maximum atomic E-state index is 12.1. The molecule has 22 heavy (non-hydrogen) atoms. The van der Waals surface area contributed by atoms with E-state index in [1.165, 1.54) is 4.90 Å². The lowest BCUT2D eigenvalue weighted by Gasteiger charge is -2.17. The van der Waals surface area contributed by atoms with Crippen LogP contribution in [-0.2, 0) is 9.53 Å². The first-order valence-corrected chi connectivity index (χ1v) is 7.05. The second-order valence-electron chi connectivity index (χ2n) is 5.18. The zero-order chi connectivity index (χ0) is 16.1. The van der Waals surface area contributed by atoms with Gasteiger partial charge in [0, 0.05) is 12.7 Å². The number of esters is 1. The Morgan fingerprint density at radius 3 is 2.45 bits per heavy atom. The SMILES string of the molecule is Cc1cccc(N(C)C(=O)COC(=O)c2ccccc2C)c1. The fourth-order valence-corrected chi connectivity index (χ4v) is 2.08. The molecule has 0 atom stereocenters. The van der Waals surface area contributed by atoms with Gasteiger partial charge in [-0.15, -0.1) is 0 Å². The van der Waals surface area contributed by atoms with Crippen LogP contribution in [0, 0.1) is 13.8 Å². The lowest BCUT2D eigenvalue weighted by atomic mass is 10.1. The van der Waals surface area contributed by atoms with Crippen molar-refractivity contribution in [3.8, 4) is 0 Å². The molecule has 0 unspecified atom stereocenters. The van der Waals surface area contributed by atoms with Crippen LogP contribution in [-0.4, -0.2) is 25.5 Å². The van der Waals surface area contributed by atoms with Crippen molar-refractivity contribution >= 4 is 17.6 Å². The summed E-state index contributed by atoms with van der Waals surface area (Å²) in [5.41, 5.74) is 3.14. The molecule has 0 bridgehead atoms. The van der Waals surface area contributed by atoms with E-state index < -0.39 is 5.97 Å². The summed E-state index contributed by atoms with van der Waals surface area (Å²) in [4.78, 5) is 25.6. The Balaban J connectivity index is 1.98. The lowest BCUT2D eigenvalue weighted by Crippen LogP contribution is -2.31. The third-order valence-electron chi connectivity index (χ3n) is 3.45. The molecule has 0 saturated carbocycles. The number of hydrogen-bond acceptors (Lipinski definition) is 3. The predicted molar refractivity (Wildman–Crippen MR) is 86.1 cm³/mol. The molecule has 114 valence electrons. The van der Waals surface area contributed by atoms with E-state index in [0.717, 1.165) is 16.8 Å². The number of amides is 1. The van der Waals surface area contributed by atoms with E-state index in [9.17, 15) is 9.59 Å². The highest BCUT2D eigenvalue weighted by molar-refractivity contribution is 5.97. The van der Waals surface area contributed by atoms with Crippen molar-refractivity contribution in [1.82, 2.24) is 0 Å². The third kappa shape index (κ3) is 3.73. The summed E-state index contributed by atoms with van der Waals surface area (Å²) in [5, 5.41) is 0. The van der Waals surface area contributed by atoms with Crippen LogP contribution in [0.1, 0.15) is 21.5 Å². The molecule has 0 aromatic heterocycles. The molecular weight excluding hydrogens is 278 g/mol. The topological polar surface area (TPSA) is 46.6 Å². The van der Waals surface area contributed by atoms with Gasteiger partial charge < -0.3 is 9.64 Å². The van der Waals surface area contributed by atoms with Crippen LogP contribution >= 0.6 is 0 Å². The molecular formula is C18H19NO3. The van der Waals surface area contributed by atoms with Gasteiger partial charge in [0.25, 0.3) is 5.91 Å². The van der Waals surface area contributed by atoms with Crippen molar-refractivity contribution in [2.75, 3.05) is 18.6 Å². The zero-order valence-corrected chi connectivity index (χ0v) is 13.0. The quantitative estimate of drug-likeness (QED) is 0.815. The monoisotopic (exact) mass is 297 g/mol. The van der Waals surface area contributed by atoms with Crippen LogP contribution in [0.15, 0.2) is 48.5 Å². The van der Waals surface area contributed by atoms with Crippen molar-refractivity contribution in [3.63, 3.8) is 0 Å². The molecule has 0 aliphatic heterocycles.